The van der Waals surface area contributed by atoms with Gasteiger partial charge in [0, 0.05) is 22.8 Å². The minimum Gasteiger partial charge on any atom is -0.383 e. The molecule has 0 amide bonds. The van der Waals surface area contributed by atoms with E-state index in [1.165, 1.54) is 12.1 Å². The first-order valence-electron chi connectivity index (χ1n) is 11.4. The molecular weight excluding hydrogens is 452 g/mol. The maximum atomic E-state index is 14.4. The van der Waals surface area contributed by atoms with Crippen LogP contribution in [0.2, 0.25) is 0 Å². The molecule has 182 valence electrons. The van der Waals surface area contributed by atoms with Crippen LogP contribution in [0.5, 0.6) is 0 Å². The maximum absolute atomic E-state index is 14.4. The number of halogens is 2. The van der Waals surface area contributed by atoms with Crippen molar-refractivity contribution < 1.29 is 8.78 Å². The number of nitrogens with two attached hydrogens (primary N) is 1. The SMILES string of the molecule is CC1(C)CC(C2C=C(c3cnc(N)c(-c4nnnn4-c4cccc(F)c4F)c3)N=N2)CC(C)(C)N1. The zero-order valence-electron chi connectivity index (χ0n) is 20.0. The van der Waals surface area contributed by atoms with Crippen molar-refractivity contribution in [2.75, 3.05) is 5.73 Å². The van der Waals surface area contributed by atoms with E-state index in [0.29, 0.717) is 22.7 Å². The quantitative estimate of drug-likeness (QED) is 0.575. The largest absolute Gasteiger partial charge is 0.383 e. The van der Waals surface area contributed by atoms with Crippen molar-refractivity contribution in [2.45, 2.75) is 57.7 Å². The molecule has 0 bridgehead atoms. The van der Waals surface area contributed by atoms with E-state index in [0.717, 1.165) is 23.6 Å². The summed E-state index contributed by atoms with van der Waals surface area (Å²) in [5.41, 5.74) is 7.72. The summed E-state index contributed by atoms with van der Waals surface area (Å²) in [6, 6.07) is 5.48. The monoisotopic (exact) mass is 479 g/mol. The molecule has 35 heavy (non-hydrogen) atoms. The maximum Gasteiger partial charge on any atom is 0.190 e. The van der Waals surface area contributed by atoms with E-state index in [-0.39, 0.29) is 34.4 Å². The van der Waals surface area contributed by atoms with Gasteiger partial charge in [0.25, 0.3) is 0 Å². The molecule has 2 aliphatic rings. The number of hydrogen-bond acceptors (Lipinski definition) is 8. The summed E-state index contributed by atoms with van der Waals surface area (Å²) in [4.78, 5) is 4.29. The second-order valence-electron chi connectivity index (χ2n) is 10.5. The zero-order chi connectivity index (χ0) is 25.0. The van der Waals surface area contributed by atoms with E-state index in [1.807, 2.05) is 6.08 Å². The molecule has 0 saturated carbocycles. The van der Waals surface area contributed by atoms with Gasteiger partial charge in [-0.15, -0.1) is 5.10 Å². The molecule has 1 aromatic carbocycles. The number of pyridine rings is 1. The molecule has 0 aliphatic carbocycles. The highest BCUT2D eigenvalue weighted by Crippen LogP contribution is 2.39. The fourth-order valence-electron chi connectivity index (χ4n) is 5.35. The minimum atomic E-state index is -1.06. The Bertz CT molecular complexity index is 1330. The Morgan fingerprint density at radius 1 is 1.11 bits per heavy atom. The molecule has 4 heterocycles. The van der Waals surface area contributed by atoms with Gasteiger partial charge in [-0.1, -0.05) is 6.07 Å². The van der Waals surface area contributed by atoms with Gasteiger partial charge in [0.05, 0.1) is 17.3 Å². The number of piperidine rings is 1. The number of rotatable bonds is 4. The Morgan fingerprint density at radius 3 is 2.60 bits per heavy atom. The van der Waals surface area contributed by atoms with Crippen LogP contribution in [0.25, 0.3) is 22.8 Å². The van der Waals surface area contributed by atoms with Crippen LogP contribution in [0.4, 0.5) is 14.6 Å². The summed E-state index contributed by atoms with van der Waals surface area (Å²) in [6.07, 6.45) is 5.61. The lowest BCUT2D eigenvalue weighted by Crippen LogP contribution is -2.58. The molecule has 3 N–H and O–H groups in total. The summed E-state index contributed by atoms with van der Waals surface area (Å²) in [7, 11) is 0. The second kappa shape index (κ2) is 8.26. The number of azo groups is 1. The van der Waals surface area contributed by atoms with Gasteiger partial charge in [0.15, 0.2) is 17.5 Å². The number of nitrogens with one attached hydrogen (secondary N) is 1. The third-order valence-electron chi connectivity index (χ3n) is 6.42. The van der Waals surface area contributed by atoms with Gasteiger partial charge < -0.3 is 11.1 Å². The third kappa shape index (κ3) is 4.43. The number of anilines is 1. The molecule has 1 atom stereocenters. The van der Waals surface area contributed by atoms with Gasteiger partial charge in [0.2, 0.25) is 0 Å². The van der Waals surface area contributed by atoms with Crippen LogP contribution in [-0.4, -0.2) is 42.3 Å². The van der Waals surface area contributed by atoms with E-state index in [9.17, 15) is 8.78 Å². The summed E-state index contributed by atoms with van der Waals surface area (Å²) in [6.45, 7) is 8.83. The number of hydrogen-bond donors (Lipinski definition) is 2. The van der Waals surface area contributed by atoms with Gasteiger partial charge in [0.1, 0.15) is 11.5 Å². The lowest BCUT2D eigenvalue weighted by molar-refractivity contribution is 0.121. The van der Waals surface area contributed by atoms with Crippen molar-refractivity contribution in [3.63, 3.8) is 0 Å². The first-order chi connectivity index (χ1) is 16.5. The number of nitrogens with zero attached hydrogens (tertiary/aromatic N) is 7. The zero-order valence-corrected chi connectivity index (χ0v) is 20.0. The topological polar surface area (TPSA) is 119 Å². The normalized spacial score (nSPS) is 21.3. The first-order valence-corrected chi connectivity index (χ1v) is 11.4. The number of nitrogen functional groups attached to an aromatic ring is 1. The fraction of sp³-hybridized carbons (Fsp3) is 0.417. The molecule has 9 nitrogen and oxygen atoms in total. The van der Waals surface area contributed by atoms with Crippen LogP contribution in [0.3, 0.4) is 0 Å². The van der Waals surface area contributed by atoms with Crippen molar-refractivity contribution in [3.05, 3.63) is 53.7 Å². The Labute approximate surface area is 201 Å². The van der Waals surface area contributed by atoms with E-state index in [1.54, 1.807) is 12.3 Å². The van der Waals surface area contributed by atoms with Gasteiger partial charge in [-0.2, -0.15) is 14.9 Å². The van der Waals surface area contributed by atoms with Crippen LogP contribution in [0.1, 0.15) is 46.1 Å². The number of tetrazole rings is 1. The Balaban J connectivity index is 1.48. The molecule has 3 aromatic rings. The highest BCUT2D eigenvalue weighted by molar-refractivity contribution is 5.76. The predicted molar refractivity (Wildman–Crippen MR) is 127 cm³/mol. The van der Waals surface area contributed by atoms with Crippen molar-refractivity contribution in [3.8, 4) is 17.1 Å². The molecule has 5 rings (SSSR count). The molecule has 1 unspecified atom stereocenters. The van der Waals surface area contributed by atoms with Crippen LogP contribution in [0.15, 0.2) is 46.8 Å². The fourth-order valence-corrected chi connectivity index (χ4v) is 5.35. The average Bonchev–Trinajstić information content (AvgIpc) is 3.44. The molecule has 2 aliphatic heterocycles. The standard InChI is InChI=1S/C24H27F2N9/c1-23(2)10-14(11-24(3,4)32-23)18-9-17(29-30-18)13-8-15(21(27)28-12-13)22-31-33-34-35(22)19-7-5-6-16(25)20(19)26/h5-9,12,14,18,32H,10-11H2,1-4H3,(H2,27,28). The van der Waals surface area contributed by atoms with E-state index >= 15 is 0 Å². The lowest BCUT2D eigenvalue weighted by atomic mass is 9.73. The molecular formula is C24H27F2N9. The molecule has 2 aromatic heterocycles. The summed E-state index contributed by atoms with van der Waals surface area (Å²) in [5.74, 6) is -1.44. The molecule has 11 heteroatoms. The molecule has 1 saturated heterocycles. The van der Waals surface area contributed by atoms with Crippen molar-refractivity contribution in [1.29, 1.82) is 0 Å². The highest BCUT2D eigenvalue weighted by atomic mass is 19.2. The van der Waals surface area contributed by atoms with Crippen LogP contribution < -0.4 is 11.1 Å². The van der Waals surface area contributed by atoms with Gasteiger partial charge in [-0.25, -0.2) is 13.8 Å². The Morgan fingerprint density at radius 2 is 1.86 bits per heavy atom. The Hall–Kier alpha value is -3.60. The average molecular weight is 480 g/mol. The van der Waals surface area contributed by atoms with Crippen LogP contribution in [0, 0.1) is 17.6 Å². The van der Waals surface area contributed by atoms with Crippen molar-refractivity contribution in [1.82, 2.24) is 30.5 Å². The first kappa shape index (κ1) is 23.2. The lowest BCUT2D eigenvalue weighted by Gasteiger charge is -2.47. The van der Waals surface area contributed by atoms with Crippen molar-refractivity contribution in [2.24, 2.45) is 16.1 Å². The Kier molecular flexibility index (Phi) is 5.47. The molecule has 0 spiro atoms. The van der Waals surface area contributed by atoms with E-state index < -0.39 is 11.6 Å². The summed E-state index contributed by atoms with van der Waals surface area (Å²) < 4.78 is 29.3. The van der Waals surface area contributed by atoms with Crippen LogP contribution in [-0.2, 0) is 0 Å². The summed E-state index contributed by atoms with van der Waals surface area (Å²) >= 11 is 0. The smallest absolute Gasteiger partial charge is 0.190 e. The molecule has 0 radical (unpaired) electrons. The van der Waals surface area contributed by atoms with E-state index in [4.69, 9.17) is 5.73 Å². The van der Waals surface area contributed by atoms with Gasteiger partial charge in [-0.05, 0) is 81.2 Å². The highest BCUT2D eigenvalue weighted by Gasteiger charge is 2.41. The predicted octanol–water partition coefficient (Wildman–Crippen LogP) is 4.32. The second-order valence-corrected chi connectivity index (χ2v) is 10.5. The van der Waals surface area contributed by atoms with Gasteiger partial charge >= 0.3 is 0 Å². The van der Waals surface area contributed by atoms with Crippen LogP contribution >= 0.6 is 0 Å². The minimum absolute atomic E-state index is 0.00227. The molecule has 1 fully saturated rings. The number of benzene rings is 1. The van der Waals surface area contributed by atoms with Gasteiger partial charge in [-0.3, -0.25) is 0 Å². The summed E-state index contributed by atoms with van der Waals surface area (Å²) in [5, 5.41) is 24.2. The number of aromatic nitrogens is 5. The third-order valence-corrected chi connectivity index (χ3v) is 6.42. The van der Waals surface area contributed by atoms with Crippen molar-refractivity contribution >= 4 is 11.5 Å². The van der Waals surface area contributed by atoms with E-state index in [2.05, 4.69) is 63.7 Å².